The molecule has 1 aromatic carbocycles. The van der Waals surface area contributed by atoms with Crippen LogP contribution in [0.1, 0.15) is 37.1 Å². The Hall–Kier alpha value is -1.42. The van der Waals surface area contributed by atoms with Crippen LogP contribution < -0.4 is 4.74 Å². The van der Waals surface area contributed by atoms with Gasteiger partial charge in [-0.15, -0.1) is 0 Å². The lowest BCUT2D eigenvalue weighted by Crippen LogP contribution is -1.96. The van der Waals surface area contributed by atoms with Gasteiger partial charge in [0.05, 0.1) is 0 Å². The summed E-state index contributed by atoms with van der Waals surface area (Å²) in [7, 11) is 0. The number of aromatic nitrogens is 2. The van der Waals surface area contributed by atoms with Crippen molar-refractivity contribution in [1.29, 1.82) is 0 Å². The molecule has 19 heavy (non-hydrogen) atoms. The van der Waals surface area contributed by atoms with E-state index < -0.39 is 0 Å². The predicted molar refractivity (Wildman–Crippen MR) is 77.6 cm³/mol. The van der Waals surface area contributed by atoms with Crippen LogP contribution in [0.5, 0.6) is 11.6 Å². The Labute approximate surface area is 121 Å². The normalized spacial score (nSPS) is 14.4. The van der Waals surface area contributed by atoms with Crippen LogP contribution in [0.15, 0.2) is 34.9 Å². The van der Waals surface area contributed by atoms with Gasteiger partial charge in [0, 0.05) is 12.0 Å². The van der Waals surface area contributed by atoms with E-state index in [1.54, 1.807) is 0 Å². The van der Waals surface area contributed by atoms with Crippen LogP contribution in [-0.4, -0.2) is 9.97 Å². The molecular weight excluding hydrogens is 304 g/mol. The minimum Gasteiger partial charge on any atom is -0.439 e. The molecule has 1 aromatic heterocycles. The Kier molecular flexibility index (Phi) is 3.51. The fourth-order valence-electron chi connectivity index (χ4n) is 1.94. The maximum atomic E-state index is 5.84. The van der Waals surface area contributed by atoms with Crippen molar-refractivity contribution >= 4 is 15.9 Å². The van der Waals surface area contributed by atoms with E-state index in [9.17, 15) is 0 Å². The number of hydrogen-bond acceptors (Lipinski definition) is 3. The maximum Gasteiger partial charge on any atom is 0.223 e. The van der Waals surface area contributed by atoms with Crippen molar-refractivity contribution in [3.8, 4) is 11.6 Å². The van der Waals surface area contributed by atoms with Crippen molar-refractivity contribution in [1.82, 2.24) is 9.97 Å². The van der Waals surface area contributed by atoms with Gasteiger partial charge in [-0.2, -0.15) is 4.98 Å². The molecule has 0 saturated heterocycles. The Bertz CT molecular complexity index is 596. The number of aryl methyl sites for hydroxylation is 1. The van der Waals surface area contributed by atoms with E-state index in [-0.39, 0.29) is 0 Å². The van der Waals surface area contributed by atoms with Crippen LogP contribution in [0.25, 0.3) is 0 Å². The van der Waals surface area contributed by atoms with Gasteiger partial charge in [-0.05, 0) is 52.9 Å². The van der Waals surface area contributed by atoms with Crippen molar-refractivity contribution in [2.24, 2.45) is 0 Å². The van der Waals surface area contributed by atoms with Gasteiger partial charge in [-0.1, -0.05) is 19.1 Å². The molecule has 0 atom stereocenters. The summed E-state index contributed by atoms with van der Waals surface area (Å²) in [5.74, 6) is 2.83. The molecular formula is C15H15BrN2O. The molecule has 3 nitrogen and oxygen atoms in total. The van der Waals surface area contributed by atoms with Crippen LogP contribution >= 0.6 is 15.9 Å². The van der Waals surface area contributed by atoms with Gasteiger partial charge < -0.3 is 4.74 Å². The first kappa shape index (κ1) is 12.6. The zero-order valence-electron chi connectivity index (χ0n) is 10.8. The topological polar surface area (TPSA) is 35.0 Å². The number of benzene rings is 1. The fourth-order valence-corrected chi connectivity index (χ4v) is 2.32. The van der Waals surface area contributed by atoms with Crippen LogP contribution in [0, 0.1) is 0 Å². The number of rotatable bonds is 4. The highest BCUT2D eigenvalue weighted by Gasteiger charge is 2.27. The molecule has 0 radical (unpaired) electrons. The summed E-state index contributed by atoms with van der Waals surface area (Å²) in [6.07, 6.45) is 3.36. The zero-order chi connectivity index (χ0) is 13.2. The molecule has 1 fully saturated rings. The first-order valence-corrected chi connectivity index (χ1v) is 7.35. The fraction of sp³-hybridized carbons (Fsp3) is 0.333. The summed E-state index contributed by atoms with van der Waals surface area (Å²) in [5.41, 5.74) is 1.26. The molecule has 0 amide bonds. The van der Waals surface area contributed by atoms with Crippen molar-refractivity contribution in [3.05, 3.63) is 46.3 Å². The average Bonchev–Trinajstić information content (AvgIpc) is 3.22. The van der Waals surface area contributed by atoms with Gasteiger partial charge >= 0.3 is 0 Å². The van der Waals surface area contributed by atoms with E-state index in [1.165, 1.54) is 18.4 Å². The van der Waals surface area contributed by atoms with E-state index in [0.29, 0.717) is 11.8 Å². The van der Waals surface area contributed by atoms with Crippen molar-refractivity contribution in [2.75, 3.05) is 0 Å². The highest BCUT2D eigenvalue weighted by atomic mass is 79.9. The monoisotopic (exact) mass is 318 g/mol. The third-order valence-corrected chi connectivity index (χ3v) is 3.57. The lowest BCUT2D eigenvalue weighted by molar-refractivity contribution is 0.457. The minimum absolute atomic E-state index is 0.516. The second-order valence-electron chi connectivity index (χ2n) is 4.76. The zero-order valence-corrected chi connectivity index (χ0v) is 12.4. The van der Waals surface area contributed by atoms with Gasteiger partial charge in [-0.25, -0.2) is 4.98 Å². The Morgan fingerprint density at radius 2 is 2.11 bits per heavy atom. The molecule has 3 rings (SSSR count). The molecule has 1 aliphatic rings. The summed E-state index contributed by atoms with van der Waals surface area (Å²) < 4.78 is 6.62. The predicted octanol–water partition coefficient (Wildman–Crippen LogP) is 4.47. The highest BCUT2D eigenvalue weighted by Crippen LogP contribution is 2.39. The molecule has 1 saturated carbocycles. The molecule has 1 heterocycles. The molecule has 0 spiro atoms. The van der Waals surface area contributed by atoms with Crippen molar-refractivity contribution in [3.63, 3.8) is 0 Å². The van der Waals surface area contributed by atoms with E-state index >= 15 is 0 Å². The Morgan fingerprint density at radius 3 is 2.84 bits per heavy atom. The lowest BCUT2D eigenvalue weighted by Gasteiger charge is -2.07. The Balaban J connectivity index is 1.85. The third kappa shape index (κ3) is 3.13. The van der Waals surface area contributed by atoms with Crippen LogP contribution in [0.3, 0.4) is 0 Å². The second kappa shape index (κ2) is 5.29. The summed E-state index contributed by atoms with van der Waals surface area (Å²) in [6, 6.07) is 9.91. The molecule has 4 heteroatoms. The SMILES string of the molecule is CCc1cccc(Oc2cc(Br)nc(C3CC3)n2)c1. The quantitative estimate of drug-likeness (QED) is 0.780. The summed E-state index contributed by atoms with van der Waals surface area (Å²) in [5, 5.41) is 0. The van der Waals surface area contributed by atoms with Crippen LogP contribution in [0.4, 0.5) is 0 Å². The van der Waals surface area contributed by atoms with Crippen molar-refractivity contribution in [2.45, 2.75) is 32.1 Å². The first-order chi connectivity index (χ1) is 9.24. The van der Waals surface area contributed by atoms with E-state index in [1.807, 2.05) is 24.3 Å². The lowest BCUT2D eigenvalue weighted by atomic mass is 10.2. The highest BCUT2D eigenvalue weighted by molar-refractivity contribution is 9.10. The van der Waals surface area contributed by atoms with E-state index in [2.05, 4.69) is 38.9 Å². The molecule has 0 unspecified atom stereocenters. The van der Waals surface area contributed by atoms with E-state index in [4.69, 9.17) is 4.74 Å². The smallest absolute Gasteiger partial charge is 0.223 e. The van der Waals surface area contributed by atoms with Crippen LogP contribution in [0.2, 0.25) is 0 Å². The largest absolute Gasteiger partial charge is 0.439 e. The van der Waals surface area contributed by atoms with Crippen LogP contribution in [-0.2, 0) is 6.42 Å². The van der Waals surface area contributed by atoms with E-state index in [0.717, 1.165) is 22.6 Å². The molecule has 0 aliphatic heterocycles. The maximum absolute atomic E-state index is 5.84. The van der Waals surface area contributed by atoms with Gasteiger partial charge in [0.2, 0.25) is 5.88 Å². The number of halogens is 1. The summed E-state index contributed by atoms with van der Waals surface area (Å²) >= 11 is 3.42. The molecule has 2 aromatic rings. The third-order valence-electron chi connectivity index (χ3n) is 3.16. The first-order valence-electron chi connectivity index (χ1n) is 6.56. The van der Waals surface area contributed by atoms with Gasteiger partial charge in [0.1, 0.15) is 16.2 Å². The summed E-state index contributed by atoms with van der Waals surface area (Å²) in [6.45, 7) is 2.13. The standard InChI is InChI=1S/C15H15BrN2O/c1-2-10-4-3-5-12(8-10)19-14-9-13(16)17-15(18-14)11-6-7-11/h3-5,8-9,11H,2,6-7H2,1H3. The number of ether oxygens (including phenoxy) is 1. The second-order valence-corrected chi connectivity index (χ2v) is 5.58. The van der Waals surface area contributed by atoms with Gasteiger partial charge in [-0.3, -0.25) is 0 Å². The summed E-state index contributed by atoms with van der Waals surface area (Å²) in [4.78, 5) is 8.88. The van der Waals surface area contributed by atoms with Gasteiger partial charge in [0.15, 0.2) is 0 Å². The molecule has 0 bridgehead atoms. The Morgan fingerprint density at radius 1 is 1.26 bits per heavy atom. The number of hydrogen-bond donors (Lipinski definition) is 0. The molecule has 98 valence electrons. The minimum atomic E-state index is 0.516. The molecule has 0 N–H and O–H groups in total. The van der Waals surface area contributed by atoms with Gasteiger partial charge in [0.25, 0.3) is 0 Å². The van der Waals surface area contributed by atoms with Crippen molar-refractivity contribution < 1.29 is 4.74 Å². The number of nitrogens with zero attached hydrogens (tertiary/aromatic N) is 2. The average molecular weight is 319 g/mol. The molecule has 1 aliphatic carbocycles.